The van der Waals surface area contributed by atoms with Crippen LogP contribution >= 0.6 is 0 Å². The predicted molar refractivity (Wildman–Crippen MR) is 28.2 cm³/mol. The zero-order valence-corrected chi connectivity index (χ0v) is 4.47. The third kappa shape index (κ3) is 1.22. The van der Waals surface area contributed by atoms with Gasteiger partial charge in [-0.25, -0.2) is 8.78 Å². The first-order valence-electron chi connectivity index (χ1n) is 2.43. The van der Waals surface area contributed by atoms with Crippen LogP contribution in [0.1, 0.15) is 0 Å². The Bertz CT molecular complexity index is 193. The van der Waals surface area contributed by atoms with Crippen molar-refractivity contribution in [3.8, 4) is 0 Å². The van der Waals surface area contributed by atoms with E-state index in [4.69, 9.17) is 0 Å². The second-order valence-electron chi connectivity index (χ2n) is 1.69. The van der Waals surface area contributed by atoms with Crippen LogP contribution in [0.3, 0.4) is 0 Å². The molecule has 0 heterocycles. The number of ketones is 1. The third-order valence-corrected chi connectivity index (χ3v) is 0.976. The standard InChI is InChI=1S/C6H4F2O/c7-4-1-2-5(8)6(9)3-4/h1-3,5H. The first kappa shape index (κ1) is 6.13. The molecule has 3 heteroatoms. The van der Waals surface area contributed by atoms with E-state index in [0.717, 1.165) is 12.2 Å². The molecule has 1 nitrogen and oxygen atoms in total. The van der Waals surface area contributed by atoms with Crippen molar-refractivity contribution in [3.63, 3.8) is 0 Å². The minimum atomic E-state index is -1.65. The molecule has 0 saturated heterocycles. The van der Waals surface area contributed by atoms with Gasteiger partial charge in [0.2, 0.25) is 0 Å². The molecule has 0 saturated carbocycles. The average Bonchev–Trinajstić information content (AvgIpc) is 1.80. The van der Waals surface area contributed by atoms with Crippen molar-refractivity contribution < 1.29 is 13.6 Å². The Kier molecular flexibility index (Phi) is 1.42. The van der Waals surface area contributed by atoms with Gasteiger partial charge in [0.25, 0.3) is 0 Å². The van der Waals surface area contributed by atoms with Gasteiger partial charge in [0.1, 0.15) is 5.83 Å². The fraction of sp³-hybridized carbons (Fsp3) is 0.167. The number of allylic oxidation sites excluding steroid dienone is 4. The zero-order chi connectivity index (χ0) is 6.85. The molecule has 48 valence electrons. The van der Waals surface area contributed by atoms with Gasteiger partial charge in [-0.2, -0.15) is 0 Å². The van der Waals surface area contributed by atoms with Gasteiger partial charge in [-0.15, -0.1) is 0 Å². The van der Waals surface area contributed by atoms with Crippen LogP contribution in [0.5, 0.6) is 0 Å². The molecule has 1 aliphatic carbocycles. The molecule has 0 spiro atoms. The SMILES string of the molecule is O=C1C=C(F)C=CC1F. The number of rotatable bonds is 0. The van der Waals surface area contributed by atoms with E-state index in [9.17, 15) is 13.6 Å². The number of carbonyl (C=O) groups is 1. The van der Waals surface area contributed by atoms with E-state index in [2.05, 4.69) is 0 Å². The third-order valence-electron chi connectivity index (χ3n) is 0.976. The number of alkyl halides is 1. The molecule has 0 aliphatic heterocycles. The lowest BCUT2D eigenvalue weighted by Gasteiger charge is -2.00. The highest BCUT2D eigenvalue weighted by Crippen LogP contribution is 2.10. The predicted octanol–water partition coefficient (Wildman–Crippen LogP) is 1.32. The summed E-state index contributed by atoms with van der Waals surface area (Å²) in [5, 5.41) is 0. The lowest BCUT2D eigenvalue weighted by molar-refractivity contribution is -0.117. The summed E-state index contributed by atoms with van der Waals surface area (Å²) in [6.45, 7) is 0. The lowest BCUT2D eigenvalue weighted by atomic mass is 10.1. The molecule has 1 atom stereocenters. The van der Waals surface area contributed by atoms with Gasteiger partial charge < -0.3 is 0 Å². The van der Waals surface area contributed by atoms with Crippen molar-refractivity contribution in [2.75, 3.05) is 0 Å². The van der Waals surface area contributed by atoms with Crippen molar-refractivity contribution in [2.45, 2.75) is 6.17 Å². The molecule has 1 unspecified atom stereocenters. The van der Waals surface area contributed by atoms with E-state index in [1.807, 2.05) is 0 Å². The van der Waals surface area contributed by atoms with Gasteiger partial charge in [0, 0.05) is 6.08 Å². The first-order chi connectivity index (χ1) is 4.20. The molecular formula is C6H4F2O. The van der Waals surface area contributed by atoms with E-state index in [0.29, 0.717) is 6.08 Å². The van der Waals surface area contributed by atoms with Gasteiger partial charge in [-0.3, -0.25) is 4.79 Å². The summed E-state index contributed by atoms with van der Waals surface area (Å²) in [4.78, 5) is 10.3. The summed E-state index contributed by atoms with van der Waals surface area (Å²) >= 11 is 0. The Hall–Kier alpha value is -0.990. The van der Waals surface area contributed by atoms with E-state index in [1.165, 1.54) is 0 Å². The van der Waals surface area contributed by atoms with Crippen molar-refractivity contribution in [2.24, 2.45) is 0 Å². The monoisotopic (exact) mass is 130 g/mol. The van der Waals surface area contributed by atoms with Crippen LogP contribution in [0.15, 0.2) is 24.1 Å². The maximum atomic E-state index is 12.1. The van der Waals surface area contributed by atoms with E-state index in [1.54, 1.807) is 0 Å². The number of hydrogen-bond acceptors (Lipinski definition) is 1. The average molecular weight is 130 g/mol. The molecule has 0 radical (unpaired) electrons. The van der Waals surface area contributed by atoms with Crippen LogP contribution in [0.25, 0.3) is 0 Å². The molecule has 9 heavy (non-hydrogen) atoms. The van der Waals surface area contributed by atoms with Crippen molar-refractivity contribution >= 4 is 5.78 Å². The Labute approximate surface area is 50.7 Å². The van der Waals surface area contributed by atoms with Gasteiger partial charge in [-0.05, 0) is 12.2 Å². The van der Waals surface area contributed by atoms with Crippen LogP contribution in [-0.4, -0.2) is 12.0 Å². The Balaban J connectivity index is 2.82. The fourth-order valence-electron chi connectivity index (χ4n) is 0.535. The topological polar surface area (TPSA) is 17.1 Å². The Morgan fingerprint density at radius 2 is 2.22 bits per heavy atom. The highest BCUT2D eigenvalue weighted by atomic mass is 19.1. The van der Waals surface area contributed by atoms with E-state index >= 15 is 0 Å². The lowest BCUT2D eigenvalue weighted by Crippen LogP contribution is -2.12. The number of carbonyl (C=O) groups excluding carboxylic acids is 1. The Morgan fingerprint density at radius 1 is 1.56 bits per heavy atom. The number of hydrogen-bond donors (Lipinski definition) is 0. The quantitative estimate of drug-likeness (QED) is 0.483. The first-order valence-corrected chi connectivity index (χ1v) is 2.43. The van der Waals surface area contributed by atoms with Crippen LogP contribution < -0.4 is 0 Å². The molecule has 0 aromatic carbocycles. The van der Waals surface area contributed by atoms with Gasteiger partial charge in [0.05, 0.1) is 0 Å². The summed E-state index contributed by atoms with van der Waals surface area (Å²) in [5.41, 5.74) is 0. The molecule has 0 N–H and O–H groups in total. The van der Waals surface area contributed by atoms with Crippen molar-refractivity contribution in [1.29, 1.82) is 0 Å². The minimum absolute atomic E-state index is 0.644. The molecule has 0 bridgehead atoms. The zero-order valence-electron chi connectivity index (χ0n) is 4.47. The van der Waals surface area contributed by atoms with Crippen LogP contribution in [0.2, 0.25) is 0 Å². The van der Waals surface area contributed by atoms with Crippen molar-refractivity contribution in [3.05, 3.63) is 24.1 Å². The highest BCUT2D eigenvalue weighted by molar-refractivity contribution is 5.96. The maximum Gasteiger partial charge on any atom is 0.196 e. The summed E-state index contributed by atoms with van der Waals surface area (Å²) < 4.78 is 24.1. The van der Waals surface area contributed by atoms with Crippen LogP contribution in [-0.2, 0) is 4.79 Å². The second-order valence-corrected chi connectivity index (χ2v) is 1.69. The maximum absolute atomic E-state index is 12.1. The molecule has 0 fully saturated rings. The molecular weight excluding hydrogens is 126 g/mol. The smallest absolute Gasteiger partial charge is 0.196 e. The molecule has 0 amide bonds. The van der Waals surface area contributed by atoms with E-state index in [-0.39, 0.29) is 0 Å². The molecule has 1 aliphatic rings. The highest BCUT2D eigenvalue weighted by Gasteiger charge is 2.15. The van der Waals surface area contributed by atoms with Gasteiger partial charge in [-0.1, -0.05) is 0 Å². The summed E-state index contributed by atoms with van der Waals surface area (Å²) in [6, 6.07) is 0. The minimum Gasteiger partial charge on any atom is -0.291 e. The normalized spacial score (nSPS) is 26.2. The van der Waals surface area contributed by atoms with Gasteiger partial charge in [0.15, 0.2) is 12.0 Å². The second kappa shape index (κ2) is 2.09. The summed E-state index contributed by atoms with van der Waals surface area (Å²) in [7, 11) is 0. The molecule has 1 rings (SSSR count). The molecule has 0 aromatic heterocycles. The number of halogens is 2. The summed E-state index contributed by atoms with van der Waals surface area (Å²) in [6.07, 6.45) is 0.818. The fourth-order valence-corrected chi connectivity index (χ4v) is 0.535. The molecule has 0 aromatic rings. The summed E-state index contributed by atoms with van der Waals surface area (Å²) in [5.74, 6) is -1.51. The van der Waals surface area contributed by atoms with Gasteiger partial charge >= 0.3 is 0 Å². The largest absolute Gasteiger partial charge is 0.291 e. The van der Waals surface area contributed by atoms with E-state index < -0.39 is 17.8 Å². The van der Waals surface area contributed by atoms with Crippen LogP contribution in [0, 0.1) is 0 Å². The Morgan fingerprint density at radius 3 is 2.67 bits per heavy atom. The van der Waals surface area contributed by atoms with Crippen molar-refractivity contribution in [1.82, 2.24) is 0 Å². The van der Waals surface area contributed by atoms with Crippen LogP contribution in [0.4, 0.5) is 8.78 Å².